The number of benzene rings is 2. The molecule has 2 aromatic rings. The molecule has 3 rings (SSSR count). The molecule has 0 radical (unpaired) electrons. The van der Waals surface area contributed by atoms with Crippen molar-refractivity contribution < 1.29 is 0 Å². The molecule has 0 amide bonds. The van der Waals surface area contributed by atoms with Crippen molar-refractivity contribution in [2.45, 2.75) is 12.8 Å². The third kappa shape index (κ3) is 1.96. The second-order valence-electron chi connectivity index (χ2n) is 4.43. The molecular weight excluding hydrogens is 206 g/mol. The van der Waals surface area contributed by atoms with Gasteiger partial charge in [0.2, 0.25) is 0 Å². The van der Waals surface area contributed by atoms with E-state index in [9.17, 15) is 0 Å². The van der Waals surface area contributed by atoms with Gasteiger partial charge in [0, 0.05) is 11.3 Å². The van der Waals surface area contributed by atoms with Gasteiger partial charge in [0.05, 0.1) is 0 Å². The smallest absolute Gasteiger partial charge is 0.0393 e. The van der Waals surface area contributed by atoms with Gasteiger partial charge >= 0.3 is 0 Å². The molecule has 1 aliphatic rings. The SMILES string of the molecule is Nc1ccccc1C(=C1CC1)c1ccccc1. The Morgan fingerprint density at radius 1 is 0.824 bits per heavy atom. The van der Waals surface area contributed by atoms with Crippen molar-refractivity contribution in [1.29, 1.82) is 0 Å². The minimum atomic E-state index is 0.866. The first-order valence-corrected chi connectivity index (χ1v) is 5.98. The number of para-hydroxylation sites is 1. The fraction of sp³-hybridized carbons (Fsp3) is 0.125. The number of anilines is 1. The predicted octanol–water partition coefficient (Wildman–Crippen LogP) is 3.86. The fourth-order valence-electron chi connectivity index (χ4n) is 2.19. The van der Waals surface area contributed by atoms with Crippen molar-refractivity contribution in [3.63, 3.8) is 0 Å². The minimum absolute atomic E-state index is 0.866. The van der Waals surface area contributed by atoms with E-state index < -0.39 is 0 Å². The van der Waals surface area contributed by atoms with Crippen LogP contribution in [0, 0.1) is 0 Å². The standard InChI is InChI=1S/C16H15N/c17-15-9-5-4-8-14(15)16(13-10-11-13)12-6-2-1-3-7-12/h1-9H,10-11,17H2. The maximum absolute atomic E-state index is 6.09. The van der Waals surface area contributed by atoms with Crippen molar-refractivity contribution in [2.24, 2.45) is 0 Å². The molecule has 0 bridgehead atoms. The van der Waals surface area contributed by atoms with Gasteiger partial charge in [0.25, 0.3) is 0 Å². The number of nitrogens with two attached hydrogens (primary N) is 1. The molecule has 2 aromatic carbocycles. The minimum Gasteiger partial charge on any atom is -0.398 e. The van der Waals surface area contributed by atoms with Crippen LogP contribution in [0.15, 0.2) is 60.2 Å². The molecule has 1 heteroatoms. The zero-order valence-electron chi connectivity index (χ0n) is 9.69. The van der Waals surface area contributed by atoms with Crippen molar-refractivity contribution in [3.05, 3.63) is 71.3 Å². The third-order valence-electron chi connectivity index (χ3n) is 3.15. The topological polar surface area (TPSA) is 26.0 Å². The number of nitrogen functional groups attached to an aromatic ring is 1. The van der Waals surface area contributed by atoms with Crippen LogP contribution in [0.1, 0.15) is 24.0 Å². The molecule has 0 atom stereocenters. The van der Waals surface area contributed by atoms with Gasteiger partial charge in [-0.2, -0.15) is 0 Å². The highest BCUT2D eigenvalue weighted by Gasteiger charge is 2.21. The Bertz CT molecular complexity index is 561. The lowest BCUT2D eigenvalue weighted by Gasteiger charge is -2.10. The molecule has 17 heavy (non-hydrogen) atoms. The van der Waals surface area contributed by atoms with Crippen molar-refractivity contribution in [3.8, 4) is 0 Å². The summed E-state index contributed by atoms with van der Waals surface area (Å²) in [6.45, 7) is 0. The van der Waals surface area contributed by atoms with Gasteiger partial charge in [-0.05, 0) is 30.0 Å². The normalized spacial score (nSPS) is 13.5. The Hall–Kier alpha value is -2.02. The number of hydrogen-bond donors (Lipinski definition) is 1. The molecule has 1 saturated carbocycles. The summed E-state index contributed by atoms with van der Waals surface area (Å²) in [6.07, 6.45) is 2.41. The summed E-state index contributed by atoms with van der Waals surface area (Å²) in [5.41, 5.74) is 12.3. The average molecular weight is 221 g/mol. The first-order valence-electron chi connectivity index (χ1n) is 5.98. The summed E-state index contributed by atoms with van der Waals surface area (Å²) in [4.78, 5) is 0. The van der Waals surface area contributed by atoms with Gasteiger partial charge in [0.1, 0.15) is 0 Å². The van der Waals surface area contributed by atoms with Gasteiger partial charge in [-0.25, -0.2) is 0 Å². The fourth-order valence-corrected chi connectivity index (χ4v) is 2.19. The lowest BCUT2D eigenvalue weighted by Crippen LogP contribution is -1.95. The molecule has 0 aliphatic heterocycles. The lowest BCUT2D eigenvalue weighted by atomic mass is 9.96. The van der Waals surface area contributed by atoms with Crippen molar-refractivity contribution >= 4 is 11.3 Å². The summed E-state index contributed by atoms with van der Waals surface area (Å²) in [5, 5.41) is 0. The van der Waals surface area contributed by atoms with Crippen LogP contribution in [0.4, 0.5) is 5.69 Å². The summed E-state index contributed by atoms with van der Waals surface area (Å²) in [6, 6.07) is 18.7. The first kappa shape index (κ1) is 10.2. The molecule has 0 unspecified atom stereocenters. The van der Waals surface area contributed by atoms with Gasteiger partial charge in [-0.3, -0.25) is 0 Å². The Labute approximate surface area is 102 Å². The highest BCUT2D eigenvalue weighted by molar-refractivity contribution is 5.88. The molecular formula is C16H15N. The molecule has 1 aliphatic carbocycles. The molecule has 0 spiro atoms. The highest BCUT2D eigenvalue weighted by Crippen LogP contribution is 2.41. The number of rotatable bonds is 2. The van der Waals surface area contributed by atoms with Gasteiger partial charge in [0.15, 0.2) is 0 Å². The summed E-state index contributed by atoms with van der Waals surface area (Å²) >= 11 is 0. The molecule has 1 fully saturated rings. The highest BCUT2D eigenvalue weighted by atomic mass is 14.6. The molecule has 0 heterocycles. The maximum Gasteiger partial charge on any atom is 0.0393 e. The Kier molecular flexibility index (Phi) is 2.45. The van der Waals surface area contributed by atoms with Crippen molar-refractivity contribution in [1.82, 2.24) is 0 Å². The Morgan fingerprint density at radius 3 is 2.12 bits per heavy atom. The lowest BCUT2D eigenvalue weighted by molar-refractivity contribution is 1.50. The zero-order chi connectivity index (χ0) is 11.7. The van der Waals surface area contributed by atoms with E-state index in [1.165, 1.54) is 35.1 Å². The van der Waals surface area contributed by atoms with E-state index in [2.05, 4.69) is 36.4 Å². The van der Waals surface area contributed by atoms with E-state index in [1.807, 2.05) is 18.2 Å². The van der Waals surface area contributed by atoms with Crippen molar-refractivity contribution in [2.75, 3.05) is 5.73 Å². The van der Waals surface area contributed by atoms with Gasteiger partial charge in [-0.15, -0.1) is 0 Å². The largest absolute Gasteiger partial charge is 0.398 e. The monoisotopic (exact) mass is 221 g/mol. The average Bonchev–Trinajstić information content (AvgIpc) is 3.18. The Balaban J connectivity index is 2.16. The first-order chi connectivity index (χ1) is 8.36. The van der Waals surface area contributed by atoms with Crippen LogP contribution in [0.2, 0.25) is 0 Å². The molecule has 2 N–H and O–H groups in total. The van der Waals surface area contributed by atoms with E-state index in [0.717, 1.165) is 5.69 Å². The van der Waals surface area contributed by atoms with Crippen LogP contribution in [0.3, 0.4) is 0 Å². The van der Waals surface area contributed by atoms with E-state index in [4.69, 9.17) is 5.73 Å². The van der Waals surface area contributed by atoms with Gasteiger partial charge in [-0.1, -0.05) is 54.1 Å². The molecule has 1 nitrogen and oxygen atoms in total. The van der Waals surface area contributed by atoms with Crippen LogP contribution in [-0.4, -0.2) is 0 Å². The molecule has 0 saturated heterocycles. The summed E-state index contributed by atoms with van der Waals surface area (Å²) in [7, 11) is 0. The maximum atomic E-state index is 6.09. The van der Waals surface area contributed by atoms with E-state index in [1.54, 1.807) is 0 Å². The van der Waals surface area contributed by atoms with Crippen LogP contribution in [0.5, 0.6) is 0 Å². The van der Waals surface area contributed by atoms with E-state index >= 15 is 0 Å². The van der Waals surface area contributed by atoms with E-state index in [0.29, 0.717) is 0 Å². The predicted molar refractivity (Wildman–Crippen MR) is 72.6 cm³/mol. The second kappa shape index (κ2) is 4.10. The van der Waals surface area contributed by atoms with Crippen LogP contribution in [0.25, 0.3) is 5.57 Å². The second-order valence-corrected chi connectivity index (χ2v) is 4.43. The zero-order valence-corrected chi connectivity index (χ0v) is 9.69. The van der Waals surface area contributed by atoms with Crippen LogP contribution in [-0.2, 0) is 0 Å². The Morgan fingerprint density at radius 2 is 1.47 bits per heavy atom. The van der Waals surface area contributed by atoms with E-state index in [-0.39, 0.29) is 0 Å². The quantitative estimate of drug-likeness (QED) is 0.765. The number of allylic oxidation sites excluding steroid dienone is 1. The summed E-state index contributed by atoms with van der Waals surface area (Å²) < 4.78 is 0. The third-order valence-corrected chi connectivity index (χ3v) is 3.15. The number of hydrogen-bond acceptors (Lipinski definition) is 1. The summed E-state index contributed by atoms with van der Waals surface area (Å²) in [5.74, 6) is 0. The van der Waals surface area contributed by atoms with Crippen LogP contribution >= 0.6 is 0 Å². The molecule has 84 valence electrons. The van der Waals surface area contributed by atoms with Gasteiger partial charge < -0.3 is 5.73 Å². The van der Waals surface area contributed by atoms with Crippen LogP contribution < -0.4 is 5.73 Å². The molecule has 0 aromatic heterocycles.